The van der Waals surface area contributed by atoms with Crippen LogP contribution in [0.4, 0.5) is 8.78 Å². The van der Waals surface area contributed by atoms with Crippen LogP contribution >= 0.6 is 0 Å². The lowest BCUT2D eigenvalue weighted by molar-refractivity contribution is 0.151. The molecule has 21 heavy (non-hydrogen) atoms. The van der Waals surface area contributed by atoms with Crippen molar-refractivity contribution in [2.45, 2.75) is 38.5 Å². The van der Waals surface area contributed by atoms with Crippen LogP contribution in [0.2, 0.25) is 0 Å². The topological polar surface area (TPSA) is 26.0 Å². The third kappa shape index (κ3) is 3.33. The van der Waals surface area contributed by atoms with E-state index in [0.29, 0.717) is 5.70 Å². The van der Waals surface area contributed by atoms with Crippen LogP contribution < -0.4 is 5.73 Å². The first-order valence-electron chi connectivity index (χ1n) is 6.90. The highest BCUT2D eigenvalue weighted by atomic mass is 19.3. The summed E-state index contributed by atoms with van der Waals surface area (Å²) in [7, 11) is 0. The molecule has 0 heterocycles. The summed E-state index contributed by atoms with van der Waals surface area (Å²) >= 11 is 0. The Morgan fingerprint density at radius 3 is 2.48 bits per heavy atom. The molecule has 0 spiro atoms. The third-order valence-corrected chi connectivity index (χ3v) is 3.69. The average molecular weight is 287 g/mol. The van der Waals surface area contributed by atoms with E-state index in [2.05, 4.69) is 18.4 Å². The molecular formula is C18H19F2N. The molecule has 0 amide bonds. The minimum absolute atomic E-state index is 0.0475. The van der Waals surface area contributed by atoms with Crippen LogP contribution in [0.1, 0.15) is 44.2 Å². The molecule has 0 radical (unpaired) electrons. The lowest BCUT2D eigenvalue weighted by atomic mass is 9.94. The highest BCUT2D eigenvalue weighted by molar-refractivity contribution is 5.51. The summed E-state index contributed by atoms with van der Waals surface area (Å²) in [4.78, 5) is 0. The Bertz CT molecular complexity index is 651. The first kappa shape index (κ1) is 15.3. The molecule has 1 aromatic carbocycles. The molecule has 1 aliphatic carbocycles. The fraction of sp³-hybridized carbons (Fsp3) is 0.333. The molecule has 1 nitrogen and oxygen atoms in total. The Morgan fingerprint density at radius 1 is 1.33 bits per heavy atom. The lowest BCUT2D eigenvalue weighted by Gasteiger charge is -2.10. The zero-order valence-corrected chi connectivity index (χ0v) is 12.3. The maximum Gasteiger partial charge on any atom is 0.263 e. The molecule has 0 saturated heterocycles. The quantitative estimate of drug-likeness (QED) is 0.644. The van der Waals surface area contributed by atoms with E-state index in [1.54, 1.807) is 19.1 Å². The molecule has 0 aliphatic heterocycles. The number of nitrogens with two attached hydrogens (primary N) is 1. The monoisotopic (exact) mass is 287 g/mol. The Hall–Kier alpha value is -2.08. The summed E-state index contributed by atoms with van der Waals surface area (Å²) in [5.74, 6) is 6.31. The van der Waals surface area contributed by atoms with E-state index in [1.165, 1.54) is 6.07 Å². The predicted molar refractivity (Wildman–Crippen MR) is 81.8 cm³/mol. The van der Waals surface area contributed by atoms with Gasteiger partial charge in [0.05, 0.1) is 5.41 Å². The van der Waals surface area contributed by atoms with E-state index in [4.69, 9.17) is 5.73 Å². The van der Waals surface area contributed by atoms with Crippen molar-refractivity contribution < 1.29 is 8.78 Å². The number of rotatable bonds is 3. The van der Waals surface area contributed by atoms with E-state index < -0.39 is 6.43 Å². The van der Waals surface area contributed by atoms with Crippen molar-refractivity contribution in [1.82, 2.24) is 0 Å². The van der Waals surface area contributed by atoms with Crippen LogP contribution in [0.3, 0.4) is 0 Å². The summed E-state index contributed by atoms with van der Waals surface area (Å²) in [5, 5.41) is 0. The van der Waals surface area contributed by atoms with Crippen molar-refractivity contribution in [3.05, 3.63) is 58.8 Å². The second-order valence-corrected chi connectivity index (χ2v) is 5.60. The summed E-state index contributed by atoms with van der Waals surface area (Å²) in [5.41, 5.74) is 8.61. The molecule has 1 aliphatic rings. The van der Waals surface area contributed by atoms with Gasteiger partial charge in [0.2, 0.25) is 0 Å². The smallest absolute Gasteiger partial charge is 0.263 e. The number of alkyl halides is 2. The Kier molecular flexibility index (Phi) is 4.18. The van der Waals surface area contributed by atoms with Gasteiger partial charge in [-0.05, 0) is 43.9 Å². The molecule has 0 atom stereocenters. The number of benzene rings is 1. The van der Waals surface area contributed by atoms with Crippen molar-refractivity contribution in [3.63, 3.8) is 0 Å². The maximum atomic E-state index is 12.8. The number of hydrogen-bond acceptors (Lipinski definition) is 1. The first-order chi connectivity index (χ1) is 9.85. The minimum atomic E-state index is -2.45. The second kappa shape index (κ2) is 5.73. The van der Waals surface area contributed by atoms with Crippen molar-refractivity contribution in [3.8, 4) is 11.8 Å². The fourth-order valence-electron chi connectivity index (χ4n) is 2.31. The van der Waals surface area contributed by atoms with Crippen LogP contribution in [0.15, 0.2) is 47.7 Å². The standard InChI is InChI=1S/C18H19F2N/c1-12(2)16(13(3)21)7-8-18(9-10-18)15-6-4-5-14(11-15)17(19)20/h4-6,11,17H,1,9-10,21H2,2-3H3/b16-13+. The third-order valence-electron chi connectivity index (χ3n) is 3.69. The van der Waals surface area contributed by atoms with Crippen LogP contribution in [0.5, 0.6) is 0 Å². The SMILES string of the molecule is C=C(C)/C(C#CC1(c2cccc(C(F)F)c2)CC1)=C(\C)N. The molecule has 1 aromatic rings. The van der Waals surface area contributed by atoms with E-state index >= 15 is 0 Å². The molecule has 110 valence electrons. The summed E-state index contributed by atoms with van der Waals surface area (Å²) in [6.07, 6.45) is -0.676. The number of hydrogen-bond donors (Lipinski definition) is 1. The fourth-order valence-corrected chi connectivity index (χ4v) is 2.31. The lowest BCUT2D eigenvalue weighted by Crippen LogP contribution is -2.05. The van der Waals surface area contributed by atoms with Gasteiger partial charge < -0.3 is 5.73 Å². The van der Waals surface area contributed by atoms with Gasteiger partial charge in [0.25, 0.3) is 6.43 Å². The maximum absolute atomic E-state index is 12.8. The average Bonchev–Trinajstić information content (AvgIpc) is 3.19. The van der Waals surface area contributed by atoms with Crippen molar-refractivity contribution in [2.75, 3.05) is 0 Å². The highest BCUT2D eigenvalue weighted by Gasteiger charge is 2.43. The van der Waals surface area contributed by atoms with Gasteiger partial charge >= 0.3 is 0 Å². The zero-order valence-electron chi connectivity index (χ0n) is 12.3. The Morgan fingerprint density at radius 2 is 2.00 bits per heavy atom. The van der Waals surface area contributed by atoms with Crippen LogP contribution in [-0.4, -0.2) is 0 Å². The molecular weight excluding hydrogens is 268 g/mol. The van der Waals surface area contributed by atoms with E-state index in [1.807, 2.05) is 13.0 Å². The van der Waals surface area contributed by atoms with E-state index in [9.17, 15) is 8.78 Å². The summed E-state index contributed by atoms with van der Waals surface area (Å²) in [6.45, 7) is 7.51. The van der Waals surface area contributed by atoms with Gasteiger partial charge in [-0.1, -0.05) is 36.6 Å². The van der Waals surface area contributed by atoms with Crippen LogP contribution in [0.25, 0.3) is 0 Å². The first-order valence-corrected chi connectivity index (χ1v) is 6.90. The predicted octanol–water partition coefficient (Wildman–Crippen LogP) is 4.47. The van der Waals surface area contributed by atoms with Crippen LogP contribution in [-0.2, 0) is 5.41 Å². The molecule has 3 heteroatoms. The molecule has 2 rings (SSSR count). The molecule has 2 N–H and O–H groups in total. The number of halogens is 2. The van der Waals surface area contributed by atoms with Crippen molar-refractivity contribution >= 4 is 0 Å². The zero-order chi connectivity index (χ0) is 15.6. The Balaban J connectivity index is 2.35. The molecule has 1 saturated carbocycles. The highest BCUT2D eigenvalue weighted by Crippen LogP contribution is 2.48. The van der Waals surface area contributed by atoms with Gasteiger partial charge in [-0.15, -0.1) is 0 Å². The van der Waals surface area contributed by atoms with Gasteiger partial charge in [-0.25, -0.2) is 8.78 Å². The summed E-state index contributed by atoms with van der Waals surface area (Å²) < 4.78 is 25.6. The minimum Gasteiger partial charge on any atom is -0.401 e. The largest absolute Gasteiger partial charge is 0.401 e. The summed E-state index contributed by atoms with van der Waals surface area (Å²) in [6, 6.07) is 6.54. The van der Waals surface area contributed by atoms with Crippen molar-refractivity contribution in [2.24, 2.45) is 5.73 Å². The van der Waals surface area contributed by atoms with Gasteiger partial charge in [-0.3, -0.25) is 0 Å². The van der Waals surface area contributed by atoms with Gasteiger partial charge in [0, 0.05) is 16.8 Å². The van der Waals surface area contributed by atoms with Gasteiger partial charge in [-0.2, -0.15) is 0 Å². The second-order valence-electron chi connectivity index (χ2n) is 5.60. The Labute approximate surface area is 124 Å². The van der Waals surface area contributed by atoms with Crippen molar-refractivity contribution in [1.29, 1.82) is 0 Å². The molecule has 0 unspecified atom stereocenters. The molecule has 0 aromatic heterocycles. The number of allylic oxidation sites excluding steroid dienone is 3. The van der Waals surface area contributed by atoms with E-state index in [-0.39, 0.29) is 11.0 Å². The van der Waals surface area contributed by atoms with Crippen LogP contribution in [0, 0.1) is 11.8 Å². The van der Waals surface area contributed by atoms with Gasteiger partial charge in [0.15, 0.2) is 0 Å². The normalized spacial score (nSPS) is 16.8. The van der Waals surface area contributed by atoms with Gasteiger partial charge in [0.1, 0.15) is 0 Å². The molecule has 1 fully saturated rings. The van der Waals surface area contributed by atoms with E-state index in [0.717, 1.165) is 29.6 Å². The molecule has 0 bridgehead atoms.